The summed E-state index contributed by atoms with van der Waals surface area (Å²) in [6.45, 7) is 6.62. The van der Waals surface area contributed by atoms with Gasteiger partial charge in [-0.1, -0.05) is 36.9 Å². The molecule has 1 amide bonds. The van der Waals surface area contributed by atoms with Crippen LogP contribution in [0.1, 0.15) is 46.8 Å². The number of Topliss-reactive ketones (excluding diaryl/α,β-unsaturated/α-hetero) is 1. The first-order valence-corrected chi connectivity index (χ1v) is 12.6. The van der Waals surface area contributed by atoms with Crippen LogP contribution in [0.25, 0.3) is 22.3 Å². The van der Waals surface area contributed by atoms with Gasteiger partial charge in [0.15, 0.2) is 11.4 Å². The van der Waals surface area contributed by atoms with Gasteiger partial charge in [0.05, 0.1) is 11.4 Å². The fraction of sp³-hybridized carbons (Fsp3) is 0.276. The zero-order chi connectivity index (χ0) is 26.8. The summed E-state index contributed by atoms with van der Waals surface area (Å²) >= 11 is 0. The van der Waals surface area contributed by atoms with Gasteiger partial charge in [0.2, 0.25) is 5.91 Å². The standard InChI is InChI=1S/C29H29FN6O2/c1-3-25(38)35-14-4-5-22(16-35)36-29-26(28(31)32-17-33-29)27(34-36)20-10-7-19(8-11-20)9-13-24(37)23-15-21(30)12-6-18(23)2/h3,6-8,10-12,15,17,22H,1,4-5,9,13-14,16H2,2H3,(H2,31,32,33)/t22-/m1/s1. The van der Waals surface area contributed by atoms with Crippen molar-refractivity contribution in [3.8, 4) is 11.3 Å². The second kappa shape index (κ2) is 10.5. The van der Waals surface area contributed by atoms with Crippen molar-refractivity contribution in [3.63, 3.8) is 0 Å². The van der Waals surface area contributed by atoms with E-state index < -0.39 is 5.82 Å². The van der Waals surface area contributed by atoms with Crippen LogP contribution in [-0.2, 0) is 11.2 Å². The molecule has 4 aromatic rings. The molecule has 0 spiro atoms. The molecule has 194 valence electrons. The van der Waals surface area contributed by atoms with Gasteiger partial charge < -0.3 is 10.6 Å². The van der Waals surface area contributed by atoms with E-state index in [1.165, 1.54) is 24.5 Å². The van der Waals surface area contributed by atoms with Gasteiger partial charge in [-0.2, -0.15) is 5.10 Å². The third-order valence-electron chi connectivity index (χ3n) is 7.11. The van der Waals surface area contributed by atoms with Gasteiger partial charge in [-0.05, 0) is 55.5 Å². The van der Waals surface area contributed by atoms with Crippen molar-refractivity contribution in [1.29, 1.82) is 0 Å². The number of fused-ring (bicyclic) bond motifs is 1. The van der Waals surface area contributed by atoms with E-state index in [4.69, 9.17) is 10.8 Å². The number of nitrogen functional groups attached to an aromatic ring is 1. The lowest BCUT2D eigenvalue weighted by molar-refractivity contribution is -0.127. The minimum Gasteiger partial charge on any atom is -0.383 e. The minimum absolute atomic E-state index is 0.0465. The average Bonchev–Trinajstić information content (AvgIpc) is 3.34. The van der Waals surface area contributed by atoms with E-state index in [0.29, 0.717) is 47.6 Å². The number of anilines is 1. The van der Waals surface area contributed by atoms with E-state index in [1.807, 2.05) is 35.9 Å². The number of piperidine rings is 1. The molecule has 9 heteroatoms. The van der Waals surface area contributed by atoms with E-state index in [9.17, 15) is 14.0 Å². The molecule has 8 nitrogen and oxygen atoms in total. The summed E-state index contributed by atoms with van der Waals surface area (Å²) < 4.78 is 15.5. The van der Waals surface area contributed by atoms with Crippen LogP contribution in [0.3, 0.4) is 0 Å². The largest absolute Gasteiger partial charge is 0.383 e. The van der Waals surface area contributed by atoms with Gasteiger partial charge in [0, 0.05) is 30.6 Å². The third-order valence-corrected chi connectivity index (χ3v) is 7.11. The first-order valence-electron chi connectivity index (χ1n) is 12.6. The van der Waals surface area contributed by atoms with E-state index in [0.717, 1.165) is 29.5 Å². The number of nitrogens with zero attached hydrogens (tertiary/aromatic N) is 5. The smallest absolute Gasteiger partial charge is 0.246 e. The lowest BCUT2D eigenvalue weighted by Gasteiger charge is -2.32. The molecule has 1 aliphatic heterocycles. The third kappa shape index (κ3) is 4.91. The summed E-state index contributed by atoms with van der Waals surface area (Å²) in [5.74, 6) is -0.253. The minimum atomic E-state index is -0.411. The first kappa shape index (κ1) is 25.3. The molecule has 0 saturated carbocycles. The van der Waals surface area contributed by atoms with Crippen molar-refractivity contribution in [2.24, 2.45) is 0 Å². The summed E-state index contributed by atoms with van der Waals surface area (Å²) in [6, 6.07) is 12.0. The number of carbonyl (C=O) groups excluding carboxylic acids is 2. The highest BCUT2D eigenvalue weighted by Gasteiger charge is 2.28. The van der Waals surface area contributed by atoms with Crippen molar-refractivity contribution < 1.29 is 14.0 Å². The fourth-order valence-electron chi connectivity index (χ4n) is 5.05. The Bertz CT molecular complexity index is 1530. The van der Waals surface area contributed by atoms with Crippen molar-refractivity contribution in [2.45, 2.75) is 38.6 Å². The maximum Gasteiger partial charge on any atom is 0.246 e. The van der Waals surface area contributed by atoms with Crippen molar-refractivity contribution in [2.75, 3.05) is 18.8 Å². The molecule has 2 N–H and O–H groups in total. The van der Waals surface area contributed by atoms with Crippen molar-refractivity contribution in [3.05, 3.63) is 84.0 Å². The molecule has 1 saturated heterocycles. The number of nitrogens with two attached hydrogens (primary N) is 1. The Labute approximate surface area is 220 Å². The molecule has 0 unspecified atom stereocenters. The molecule has 0 bridgehead atoms. The van der Waals surface area contributed by atoms with E-state index in [1.54, 1.807) is 11.0 Å². The quantitative estimate of drug-likeness (QED) is 0.284. The predicted octanol–water partition coefficient (Wildman–Crippen LogP) is 4.69. The Balaban J connectivity index is 1.39. The zero-order valence-corrected chi connectivity index (χ0v) is 21.2. The Morgan fingerprint density at radius 2 is 1.97 bits per heavy atom. The highest BCUT2D eigenvalue weighted by atomic mass is 19.1. The van der Waals surface area contributed by atoms with Gasteiger partial charge >= 0.3 is 0 Å². The SMILES string of the molecule is C=CC(=O)N1CCC[C@@H](n2nc(-c3ccc(CCC(=O)c4cc(F)ccc4C)cc3)c3c(N)ncnc32)C1. The molecule has 1 fully saturated rings. The van der Waals surface area contributed by atoms with Gasteiger partial charge in [-0.3, -0.25) is 9.59 Å². The average molecular weight is 513 g/mol. The Hall–Kier alpha value is -4.40. The monoisotopic (exact) mass is 512 g/mol. The molecule has 0 radical (unpaired) electrons. The summed E-state index contributed by atoms with van der Waals surface area (Å²) in [7, 11) is 0. The van der Waals surface area contributed by atoms with Gasteiger partial charge in [-0.25, -0.2) is 19.0 Å². The normalized spacial score (nSPS) is 15.5. The van der Waals surface area contributed by atoms with Gasteiger partial charge in [0.25, 0.3) is 0 Å². The number of aromatic nitrogens is 4. The Kier molecular flexibility index (Phi) is 7.00. The fourth-order valence-corrected chi connectivity index (χ4v) is 5.05. The second-order valence-corrected chi connectivity index (χ2v) is 9.61. The van der Waals surface area contributed by atoms with Crippen LogP contribution in [0.5, 0.6) is 0 Å². The van der Waals surface area contributed by atoms with Crippen LogP contribution in [-0.4, -0.2) is 49.4 Å². The Morgan fingerprint density at radius 1 is 1.18 bits per heavy atom. The van der Waals surface area contributed by atoms with Crippen LogP contribution in [0.4, 0.5) is 10.2 Å². The second-order valence-electron chi connectivity index (χ2n) is 9.61. The summed E-state index contributed by atoms with van der Waals surface area (Å²) in [4.78, 5) is 35.3. The maximum atomic E-state index is 13.6. The summed E-state index contributed by atoms with van der Waals surface area (Å²) in [5.41, 5.74) is 10.6. The molecule has 2 aromatic carbocycles. The lowest BCUT2D eigenvalue weighted by Crippen LogP contribution is -2.40. The number of carbonyl (C=O) groups is 2. The summed E-state index contributed by atoms with van der Waals surface area (Å²) in [5, 5.41) is 5.58. The zero-order valence-electron chi connectivity index (χ0n) is 21.2. The lowest BCUT2D eigenvalue weighted by atomic mass is 9.98. The Morgan fingerprint density at radius 3 is 2.74 bits per heavy atom. The van der Waals surface area contributed by atoms with E-state index >= 15 is 0 Å². The highest BCUT2D eigenvalue weighted by molar-refractivity contribution is 5.99. The van der Waals surface area contributed by atoms with Gasteiger partial charge in [0.1, 0.15) is 23.7 Å². The molecule has 1 aliphatic rings. The number of aryl methyl sites for hydroxylation is 2. The predicted molar refractivity (Wildman–Crippen MR) is 144 cm³/mol. The molecular weight excluding hydrogens is 483 g/mol. The van der Waals surface area contributed by atoms with E-state index in [2.05, 4.69) is 16.5 Å². The molecular formula is C29H29FN6O2. The number of hydrogen-bond donors (Lipinski definition) is 1. The number of halogens is 1. The van der Waals surface area contributed by atoms with Crippen LogP contribution in [0.2, 0.25) is 0 Å². The first-order chi connectivity index (χ1) is 18.4. The number of likely N-dealkylation sites (tertiary alicyclic amines) is 1. The molecule has 3 heterocycles. The number of ketones is 1. The number of rotatable bonds is 7. The van der Waals surface area contributed by atoms with Crippen LogP contribution in [0, 0.1) is 12.7 Å². The molecule has 5 rings (SSSR count). The number of amides is 1. The highest BCUT2D eigenvalue weighted by Crippen LogP contribution is 2.34. The molecule has 2 aromatic heterocycles. The molecule has 0 aliphatic carbocycles. The molecule has 1 atom stereocenters. The number of hydrogen-bond acceptors (Lipinski definition) is 6. The van der Waals surface area contributed by atoms with E-state index in [-0.39, 0.29) is 24.2 Å². The summed E-state index contributed by atoms with van der Waals surface area (Å²) in [6.07, 6.45) is 5.29. The van der Waals surface area contributed by atoms with Crippen LogP contribution in [0.15, 0.2) is 61.4 Å². The van der Waals surface area contributed by atoms with Crippen LogP contribution < -0.4 is 5.73 Å². The van der Waals surface area contributed by atoms with Crippen molar-refractivity contribution in [1.82, 2.24) is 24.6 Å². The van der Waals surface area contributed by atoms with Crippen LogP contribution >= 0.6 is 0 Å². The number of benzene rings is 2. The maximum absolute atomic E-state index is 13.6. The van der Waals surface area contributed by atoms with Crippen molar-refractivity contribution >= 4 is 28.5 Å². The topological polar surface area (TPSA) is 107 Å². The van der Waals surface area contributed by atoms with Gasteiger partial charge in [-0.15, -0.1) is 0 Å². The molecule has 38 heavy (non-hydrogen) atoms.